The highest BCUT2D eigenvalue weighted by atomic mass is 79.9. The Hall–Kier alpha value is -1.10. The maximum atomic E-state index is 13.4. The van der Waals surface area contributed by atoms with Gasteiger partial charge in [0.05, 0.1) is 12.2 Å². The zero-order chi connectivity index (χ0) is 13.5. The number of nitrogens with one attached hydrogen (secondary N) is 2. The van der Waals surface area contributed by atoms with Crippen molar-refractivity contribution < 1.29 is 9.18 Å². The van der Waals surface area contributed by atoms with E-state index >= 15 is 0 Å². The van der Waals surface area contributed by atoms with Crippen molar-refractivity contribution in [2.45, 2.75) is 20.3 Å². The third kappa shape index (κ3) is 5.04. The van der Waals surface area contributed by atoms with Gasteiger partial charge in [0, 0.05) is 11.0 Å². The van der Waals surface area contributed by atoms with Gasteiger partial charge >= 0.3 is 0 Å². The first-order chi connectivity index (χ1) is 8.50. The summed E-state index contributed by atoms with van der Waals surface area (Å²) >= 11 is 3.23. The Morgan fingerprint density at radius 2 is 2.17 bits per heavy atom. The first kappa shape index (κ1) is 15.0. The van der Waals surface area contributed by atoms with Crippen LogP contribution in [-0.2, 0) is 4.79 Å². The van der Waals surface area contributed by atoms with E-state index in [1.807, 2.05) is 0 Å². The quantitative estimate of drug-likeness (QED) is 0.846. The highest BCUT2D eigenvalue weighted by Crippen LogP contribution is 2.24. The number of carbonyl (C=O) groups excluding carboxylic acids is 1. The van der Waals surface area contributed by atoms with Crippen LogP contribution >= 0.6 is 15.9 Å². The molecule has 0 bridgehead atoms. The monoisotopic (exact) mass is 316 g/mol. The SMILES string of the molecule is CC(C)CCNC(=O)CNc1c(F)cccc1Br. The highest BCUT2D eigenvalue weighted by molar-refractivity contribution is 9.10. The maximum absolute atomic E-state index is 13.4. The maximum Gasteiger partial charge on any atom is 0.239 e. The molecule has 3 nitrogen and oxygen atoms in total. The molecule has 0 heterocycles. The number of para-hydroxylation sites is 1. The summed E-state index contributed by atoms with van der Waals surface area (Å²) < 4.78 is 14.0. The van der Waals surface area contributed by atoms with Crippen molar-refractivity contribution in [3.8, 4) is 0 Å². The second kappa shape index (κ2) is 7.36. The fourth-order valence-electron chi connectivity index (χ4n) is 1.40. The van der Waals surface area contributed by atoms with E-state index < -0.39 is 0 Å². The Morgan fingerprint density at radius 3 is 2.78 bits per heavy atom. The van der Waals surface area contributed by atoms with Gasteiger partial charge in [-0.05, 0) is 40.4 Å². The van der Waals surface area contributed by atoms with E-state index in [0.29, 0.717) is 22.6 Å². The molecule has 0 unspecified atom stereocenters. The van der Waals surface area contributed by atoms with Crippen LogP contribution in [0.25, 0.3) is 0 Å². The minimum absolute atomic E-state index is 0.0671. The molecule has 0 aliphatic rings. The van der Waals surface area contributed by atoms with Crippen LogP contribution in [0.15, 0.2) is 22.7 Å². The lowest BCUT2D eigenvalue weighted by atomic mass is 10.1. The summed E-state index contributed by atoms with van der Waals surface area (Å²) in [6.07, 6.45) is 0.940. The van der Waals surface area contributed by atoms with E-state index in [2.05, 4.69) is 40.4 Å². The third-order valence-corrected chi connectivity index (χ3v) is 3.09. The predicted octanol–water partition coefficient (Wildman–Crippen LogP) is 3.16. The van der Waals surface area contributed by atoms with Gasteiger partial charge < -0.3 is 10.6 Å². The van der Waals surface area contributed by atoms with Crippen LogP contribution in [-0.4, -0.2) is 19.0 Å². The summed E-state index contributed by atoms with van der Waals surface area (Å²) in [5, 5.41) is 5.57. The summed E-state index contributed by atoms with van der Waals surface area (Å²) in [5.41, 5.74) is 0.316. The molecule has 0 spiro atoms. The van der Waals surface area contributed by atoms with E-state index in [1.165, 1.54) is 6.07 Å². The lowest BCUT2D eigenvalue weighted by Gasteiger charge is -2.10. The molecule has 5 heteroatoms. The van der Waals surface area contributed by atoms with E-state index in [9.17, 15) is 9.18 Å². The second-order valence-corrected chi connectivity index (χ2v) is 5.34. The van der Waals surface area contributed by atoms with E-state index in [4.69, 9.17) is 0 Å². The molecule has 0 saturated heterocycles. The lowest BCUT2D eigenvalue weighted by molar-refractivity contribution is -0.119. The van der Waals surface area contributed by atoms with Crippen LogP contribution < -0.4 is 10.6 Å². The van der Waals surface area contributed by atoms with Crippen LogP contribution in [0, 0.1) is 11.7 Å². The van der Waals surface area contributed by atoms with Crippen LogP contribution in [0.2, 0.25) is 0 Å². The molecule has 0 saturated carbocycles. The number of hydrogen-bond donors (Lipinski definition) is 2. The first-order valence-corrected chi connectivity index (χ1v) is 6.74. The van der Waals surface area contributed by atoms with Gasteiger partial charge in [0.15, 0.2) is 0 Å². The normalized spacial score (nSPS) is 10.5. The first-order valence-electron chi connectivity index (χ1n) is 5.95. The number of hydrogen-bond acceptors (Lipinski definition) is 2. The number of carbonyl (C=O) groups is 1. The largest absolute Gasteiger partial charge is 0.373 e. The van der Waals surface area contributed by atoms with Gasteiger partial charge in [-0.2, -0.15) is 0 Å². The molecule has 0 aliphatic carbocycles. The zero-order valence-corrected chi connectivity index (χ0v) is 12.2. The summed E-state index contributed by atoms with van der Waals surface area (Å²) in [5.74, 6) is 0.0455. The van der Waals surface area contributed by atoms with Crippen molar-refractivity contribution in [2.24, 2.45) is 5.92 Å². The molecule has 100 valence electrons. The molecule has 1 aromatic rings. The van der Waals surface area contributed by atoms with E-state index in [-0.39, 0.29) is 18.3 Å². The summed E-state index contributed by atoms with van der Waals surface area (Å²) in [4.78, 5) is 11.5. The average Bonchev–Trinajstić information content (AvgIpc) is 2.27. The van der Waals surface area contributed by atoms with Gasteiger partial charge in [-0.3, -0.25) is 4.79 Å². The van der Waals surface area contributed by atoms with Gasteiger partial charge in [-0.1, -0.05) is 19.9 Å². The summed E-state index contributed by atoms with van der Waals surface area (Å²) in [6, 6.07) is 4.68. The van der Waals surface area contributed by atoms with Gasteiger partial charge in [-0.25, -0.2) is 4.39 Å². The van der Waals surface area contributed by atoms with E-state index in [1.54, 1.807) is 12.1 Å². The second-order valence-electron chi connectivity index (χ2n) is 4.48. The Morgan fingerprint density at radius 1 is 1.44 bits per heavy atom. The van der Waals surface area contributed by atoms with E-state index in [0.717, 1.165) is 6.42 Å². The van der Waals surface area contributed by atoms with Crippen molar-refractivity contribution in [1.82, 2.24) is 5.32 Å². The molecule has 0 aliphatic heterocycles. The minimum atomic E-state index is -0.376. The van der Waals surface area contributed by atoms with Gasteiger partial charge in [-0.15, -0.1) is 0 Å². The molecule has 1 aromatic carbocycles. The van der Waals surface area contributed by atoms with Gasteiger partial charge in [0.1, 0.15) is 5.82 Å². The molecule has 2 N–H and O–H groups in total. The standard InChI is InChI=1S/C13H18BrFN2O/c1-9(2)6-7-16-12(18)8-17-13-10(14)4-3-5-11(13)15/h3-5,9,17H,6-8H2,1-2H3,(H,16,18). The predicted molar refractivity (Wildman–Crippen MR) is 75.1 cm³/mol. The number of anilines is 1. The average molecular weight is 317 g/mol. The molecular weight excluding hydrogens is 299 g/mol. The molecule has 0 radical (unpaired) electrons. The third-order valence-electron chi connectivity index (χ3n) is 2.43. The minimum Gasteiger partial charge on any atom is -0.373 e. The molecular formula is C13H18BrFN2O. The van der Waals surface area contributed by atoms with Crippen LogP contribution in [0.3, 0.4) is 0 Å². The Balaban J connectivity index is 2.38. The molecule has 18 heavy (non-hydrogen) atoms. The lowest BCUT2D eigenvalue weighted by Crippen LogP contribution is -2.31. The van der Waals surface area contributed by atoms with Crippen molar-refractivity contribution >= 4 is 27.5 Å². The van der Waals surface area contributed by atoms with Crippen molar-refractivity contribution in [1.29, 1.82) is 0 Å². The Labute approximate surface area is 115 Å². The Bertz CT molecular complexity index is 390. The topological polar surface area (TPSA) is 41.1 Å². The number of rotatable bonds is 6. The number of amides is 1. The smallest absolute Gasteiger partial charge is 0.239 e. The molecule has 1 amide bonds. The van der Waals surface area contributed by atoms with Crippen molar-refractivity contribution in [2.75, 3.05) is 18.4 Å². The van der Waals surface area contributed by atoms with Crippen LogP contribution in [0.1, 0.15) is 20.3 Å². The number of halogens is 2. The fraction of sp³-hybridized carbons (Fsp3) is 0.462. The molecule has 0 atom stereocenters. The highest BCUT2D eigenvalue weighted by Gasteiger charge is 2.07. The fourth-order valence-corrected chi connectivity index (χ4v) is 1.88. The summed E-state index contributed by atoms with van der Waals surface area (Å²) in [6.45, 7) is 4.91. The number of benzene rings is 1. The van der Waals surface area contributed by atoms with Crippen molar-refractivity contribution in [3.63, 3.8) is 0 Å². The van der Waals surface area contributed by atoms with Gasteiger partial charge in [0.2, 0.25) is 5.91 Å². The zero-order valence-electron chi connectivity index (χ0n) is 10.6. The molecule has 0 aromatic heterocycles. The van der Waals surface area contributed by atoms with Crippen molar-refractivity contribution in [3.05, 3.63) is 28.5 Å². The van der Waals surface area contributed by atoms with Crippen LogP contribution in [0.5, 0.6) is 0 Å². The van der Waals surface area contributed by atoms with Gasteiger partial charge in [0.25, 0.3) is 0 Å². The summed E-state index contributed by atoms with van der Waals surface area (Å²) in [7, 11) is 0. The molecule has 0 fully saturated rings. The molecule has 1 rings (SSSR count). The van der Waals surface area contributed by atoms with Crippen LogP contribution in [0.4, 0.5) is 10.1 Å². The Kier molecular flexibility index (Phi) is 6.12.